The second-order valence-corrected chi connectivity index (χ2v) is 17.4. The highest BCUT2D eigenvalue weighted by atomic mass is 16.6. The van der Waals surface area contributed by atoms with Crippen LogP contribution in [0.3, 0.4) is 0 Å². The largest absolute Gasteiger partial charge is 0.462 e. The van der Waals surface area contributed by atoms with Gasteiger partial charge in [-0.1, -0.05) is 223 Å². The number of carbonyl (C=O) groups is 3. The molecular formula is C56H98O6. The molecule has 0 saturated carbocycles. The Morgan fingerprint density at radius 1 is 0.355 bits per heavy atom. The first-order chi connectivity index (χ1) is 30.5. The molecule has 0 amide bonds. The van der Waals surface area contributed by atoms with E-state index in [9.17, 15) is 14.4 Å². The zero-order chi connectivity index (χ0) is 45.1. The van der Waals surface area contributed by atoms with E-state index >= 15 is 0 Å². The SMILES string of the molecule is CC/C=C\C/C=C\C/C=C\CCCCCCC(=O)OC(COC(=O)CCCCC/C=C\C=C/CCCCCCCCC)COC(=O)CCCCCCCCCCCCCCCC. The van der Waals surface area contributed by atoms with Gasteiger partial charge in [0.05, 0.1) is 0 Å². The van der Waals surface area contributed by atoms with Crippen LogP contribution in [-0.4, -0.2) is 37.2 Å². The Labute approximate surface area is 383 Å². The average molecular weight is 867 g/mol. The molecule has 1 atom stereocenters. The molecule has 0 aliphatic carbocycles. The lowest BCUT2D eigenvalue weighted by Crippen LogP contribution is -2.30. The van der Waals surface area contributed by atoms with E-state index in [1.165, 1.54) is 116 Å². The first kappa shape index (κ1) is 59.1. The number of unbranched alkanes of at least 4 members (excludes halogenated alkanes) is 27. The van der Waals surface area contributed by atoms with Crippen LogP contribution in [0.2, 0.25) is 0 Å². The number of allylic oxidation sites excluding steroid dienone is 10. The van der Waals surface area contributed by atoms with Gasteiger partial charge in [0.2, 0.25) is 0 Å². The molecule has 0 fully saturated rings. The van der Waals surface area contributed by atoms with Crippen LogP contribution in [0.5, 0.6) is 0 Å². The fraction of sp³-hybridized carbons (Fsp3) is 0.768. The van der Waals surface area contributed by atoms with Crippen molar-refractivity contribution in [2.45, 2.75) is 264 Å². The molecule has 0 saturated heterocycles. The van der Waals surface area contributed by atoms with E-state index in [1.54, 1.807) is 0 Å². The second kappa shape index (κ2) is 50.8. The molecule has 0 aromatic rings. The molecule has 0 bridgehead atoms. The van der Waals surface area contributed by atoms with Crippen LogP contribution < -0.4 is 0 Å². The maximum Gasteiger partial charge on any atom is 0.306 e. The van der Waals surface area contributed by atoms with Gasteiger partial charge >= 0.3 is 17.9 Å². The first-order valence-corrected chi connectivity index (χ1v) is 26.3. The van der Waals surface area contributed by atoms with E-state index in [4.69, 9.17) is 14.2 Å². The van der Waals surface area contributed by atoms with Crippen LogP contribution in [0.4, 0.5) is 0 Å². The zero-order valence-electron chi connectivity index (χ0n) is 40.9. The molecule has 6 nitrogen and oxygen atoms in total. The van der Waals surface area contributed by atoms with Gasteiger partial charge in [0.25, 0.3) is 0 Å². The number of carbonyl (C=O) groups excluding carboxylic acids is 3. The van der Waals surface area contributed by atoms with Crippen LogP contribution in [-0.2, 0) is 28.6 Å². The summed E-state index contributed by atoms with van der Waals surface area (Å²) in [5.74, 6) is -0.934. The summed E-state index contributed by atoms with van der Waals surface area (Å²) in [6, 6.07) is 0. The summed E-state index contributed by atoms with van der Waals surface area (Å²) in [4.78, 5) is 38.0. The molecule has 62 heavy (non-hydrogen) atoms. The highest BCUT2D eigenvalue weighted by Gasteiger charge is 2.19. The molecule has 0 rings (SSSR count). The molecule has 0 aliphatic heterocycles. The van der Waals surface area contributed by atoms with Crippen molar-refractivity contribution in [1.29, 1.82) is 0 Å². The monoisotopic (exact) mass is 867 g/mol. The molecular weight excluding hydrogens is 769 g/mol. The summed E-state index contributed by atoms with van der Waals surface area (Å²) in [6.07, 6.45) is 62.0. The Hall–Kier alpha value is -2.89. The van der Waals surface area contributed by atoms with E-state index < -0.39 is 6.10 Å². The molecule has 0 N–H and O–H groups in total. The molecule has 1 unspecified atom stereocenters. The minimum atomic E-state index is -0.794. The van der Waals surface area contributed by atoms with Crippen molar-refractivity contribution in [3.05, 3.63) is 60.8 Å². The normalized spacial score (nSPS) is 12.5. The Bertz CT molecular complexity index is 1130. The quantitative estimate of drug-likeness (QED) is 0.0199. The van der Waals surface area contributed by atoms with Gasteiger partial charge in [-0.3, -0.25) is 14.4 Å². The summed E-state index contributed by atoms with van der Waals surface area (Å²) in [5.41, 5.74) is 0. The molecule has 0 heterocycles. The zero-order valence-corrected chi connectivity index (χ0v) is 40.9. The minimum absolute atomic E-state index is 0.0900. The van der Waals surface area contributed by atoms with Crippen molar-refractivity contribution in [2.75, 3.05) is 13.2 Å². The van der Waals surface area contributed by atoms with E-state index in [2.05, 4.69) is 81.5 Å². The van der Waals surface area contributed by atoms with Gasteiger partial charge in [0.1, 0.15) is 13.2 Å². The van der Waals surface area contributed by atoms with E-state index in [-0.39, 0.29) is 31.1 Å². The fourth-order valence-electron chi connectivity index (χ4n) is 7.33. The molecule has 358 valence electrons. The molecule has 0 aromatic heterocycles. The predicted molar refractivity (Wildman–Crippen MR) is 265 cm³/mol. The Balaban J connectivity index is 4.44. The molecule has 6 heteroatoms. The lowest BCUT2D eigenvalue weighted by Gasteiger charge is -2.18. The lowest BCUT2D eigenvalue weighted by molar-refractivity contribution is -0.167. The van der Waals surface area contributed by atoms with Gasteiger partial charge in [-0.15, -0.1) is 0 Å². The van der Waals surface area contributed by atoms with Gasteiger partial charge in [0, 0.05) is 19.3 Å². The van der Waals surface area contributed by atoms with Crippen LogP contribution in [0.25, 0.3) is 0 Å². The maximum atomic E-state index is 12.8. The molecule has 0 radical (unpaired) electrons. The third-order valence-corrected chi connectivity index (χ3v) is 11.3. The summed E-state index contributed by atoms with van der Waals surface area (Å²) in [5, 5.41) is 0. The summed E-state index contributed by atoms with van der Waals surface area (Å²) in [7, 11) is 0. The predicted octanol–water partition coefficient (Wildman–Crippen LogP) is 17.3. The number of hydrogen-bond donors (Lipinski definition) is 0. The van der Waals surface area contributed by atoms with Crippen LogP contribution in [0.15, 0.2) is 60.8 Å². The number of esters is 3. The number of rotatable bonds is 47. The fourth-order valence-corrected chi connectivity index (χ4v) is 7.33. The highest BCUT2D eigenvalue weighted by Crippen LogP contribution is 2.15. The van der Waals surface area contributed by atoms with E-state index in [0.29, 0.717) is 19.3 Å². The van der Waals surface area contributed by atoms with Gasteiger partial charge in [0.15, 0.2) is 6.10 Å². The van der Waals surface area contributed by atoms with Crippen molar-refractivity contribution < 1.29 is 28.6 Å². The number of ether oxygens (including phenoxy) is 3. The Kier molecular flexibility index (Phi) is 48.4. The molecule has 0 aliphatic rings. The van der Waals surface area contributed by atoms with Gasteiger partial charge in [-0.05, 0) is 77.0 Å². The maximum absolute atomic E-state index is 12.8. The first-order valence-electron chi connectivity index (χ1n) is 26.3. The minimum Gasteiger partial charge on any atom is -0.462 e. The smallest absolute Gasteiger partial charge is 0.306 e. The van der Waals surface area contributed by atoms with E-state index in [1.807, 2.05) is 0 Å². The third-order valence-electron chi connectivity index (χ3n) is 11.3. The van der Waals surface area contributed by atoms with E-state index in [0.717, 1.165) is 103 Å². The lowest BCUT2D eigenvalue weighted by atomic mass is 10.0. The molecule has 0 aromatic carbocycles. The van der Waals surface area contributed by atoms with Gasteiger partial charge in [-0.25, -0.2) is 0 Å². The second-order valence-electron chi connectivity index (χ2n) is 17.4. The summed E-state index contributed by atoms with van der Waals surface area (Å²) in [6.45, 7) is 6.49. The van der Waals surface area contributed by atoms with Gasteiger partial charge < -0.3 is 14.2 Å². The Morgan fingerprint density at radius 3 is 1.10 bits per heavy atom. The van der Waals surface area contributed by atoms with Crippen LogP contribution in [0.1, 0.15) is 258 Å². The van der Waals surface area contributed by atoms with Crippen molar-refractivity contribution in [3.63, 3.8) is 0 Å². The van der Waals surface area contributed by atoms with Gasteiger partial charge in [-0.2, -0.15) is 0 Å². The Morgan fingerprint density at radius 2 is 0.677 bits per heavy atom. The van der Waals surface area contributed by atoms with Crippen molar-refractivity contribution >= 4 is 17.9 Å². The number of hydrogen-bond acceptors (Lipinski definition) is 6. The standard InChI is InChI=1S/C56H98O6/c1-4-7-10-13-16-19-22-25-28-29-32-34-37-40-43-46-49-55(58)61-52-53(62-56(59)50-47-44-41-38-35-31-27-24-21-18-15-12-9-6-3)51-60-54(57)48-45-42-39-36-33-30-26-23-20-17-14-11-8-5-2/h9,12,18,21,27-29,31-32,34,53H,4-8,10-11,13-17,19-20,22-26,30,33,35-52H2,1-3H3/b12-9-,21-18-,29-28-,31-27-,34-32-. The summed E-state index contributed by atoms with van der Waals surface area (Å²) < 4.78 is 16.8. The van der Waals surface area contributed by atoms with Crippen molar-refractivity contribution in [1.82, 2.24) is 0 Å². The topological polar surface area (TPSA) is 78.9 Å². The molecule has 0 spiro atoms. The van der Waals surface area contributed by atoms with Crippen LogP contribution in [0, 0.1) is 0 Å². The summed E-state index contributed by atoms with van der Waals surface area (Å²) >= 11 is 0. The van der Waals surface area contributed by atoms with Crippen molar-refractivity contribution in [3.8, 4) is 0 Å². The highest BCUT2D eigenvalue weighted by molar-refractivity contribution is 5.71. The average Bonchev–Trinajstić information content (AvgIpc) is 3.27. The third kappa shape index (κ3) is 48.1. The van der Waals surface area contributed by atoms with Crippen molar-refractivity contribution in [2.24, 2.45) is 0 Å². The van der Waals surface area contributed by atoms with Crippen LogP contribution >= 0.6 is 0 Å².